The van der Waals surface area contributed by atoms with Crippen LogP contribution in [0.4, 0.5) is 10.5 Å². The van der Waals surface area contributed by atoms with E-state index >= 15 is 0 Å². The molecule has 0 fully saturated rings. The van der Waals surface area contributed by atoms with Gasteiger partial charge in [-0.3, -0.25) is 9.48 Å². The Balaban J connectivity index is 2.43. The molecule has 112 valence electrons. The molecule has 0 saturated carbocycles. The van der Waals surface area contributed by atoms with Crippen molar-refractivity contribution in [3.8, 4) is 0 Å². The summed E-state index contributed by atoms with van der Waals surface area (Å²) in [5.74, 6) is -0.647. The van der Waals surface area contributed by atoms with Gasteiger partial charge in [0.05, 0.1) is 11.9 Å². The van der Waals surface area contributed by atoms with Crippen LogP contribution in [0.5, 0.6) is 0 Å². The molecule has 7 heteroatoms. The zero-order chi connectivity index (χ0) is 15.3. The van der Waals surface area contributed by atoms with Crippen molar-refractivity contribution in [1.29, 1.82) is 0 Å². The lowest BCUT2D eigenvalue weighted by Crippen LogP contribution is -2.36. The van der Waals surface area contributed by atoms with Gasteiger partial charge in [0.25, 0.3) is 0 Å². The van der Waals surface area contributed by atoms with E-state index in [-0.39, 0.29) is 18.0 Å². The van der Waals surface area contributed by atoms with Crippen LogP contribution in [-0.4, -0.2) is 33.4 Å². The summed E-state index contributed by atoms with van der Waals surface area (Å²) in [5, 5.41) is 17.9. The molecule has 7 nitrogen and oxygen atoms in total. The maximum absolute atomic E-state index is 11.7. The van der Waals surface area contributed by atoms with Gasteiger partial charge in [-0.25, -0.2) is 4.79 Å². The lowest BCUT2D eigenvalue weighted by atomic mass is 9.82. The summed E-state index contributed by atoms with van der Waals surface area (Å²) < 4.78 is 1.25. The Labute approximate surface area is 118 Å². The molecule has 1 aromatic heterocycles. The minimum Gasteiger partial charge on any atom is -0.480 e. The van der Waals surface area contributed by atoms with Crippen molar-refractivity contribution in [3.63, 3.8) is 0 Å². The minimum atomic E-state index is -0.983. The van der Waals surface area contributed by atoms with Crippen molar-refractivity contribution in [2.75, 3.05) is 11.9 Å². The number of carboxylic acids is 1. The molecule has 0 aliphatic rings. The zero-order valence-corrected chi connectivity index (χ0v) is 12.3. The van der Waals surface area contributed by atoms with Crippen molar-refractivity contribution < 1.29 is 14.7 Å². The number of nitrogens with one attached hydrogen (secondary N) is 2. The number of nitrogens with zero attached hydrogens (tertiary/aromatic N) is 2. The third-order valence-electron chi connectivity index (χ3n) is 3.24. The molecule has 0 saturated heterocycles. The number of carbonyl (C=O) groups is 2. The summed E-state index contributed by atoms with van der Waals surface area (Å²) in [6.07, 6.45) is 2.89. The molecule has 0 radical (unpaired) electrons. The van der Waals surface area contributed by atoms with E-state index in [0.29, 0.717) is 18.2 Å². The minimum absolute atomic E-state index is 0.125. The van der Waals surface area contributed by atoms with Crippen LogP contribution in [0, 0.1) is 11.3 Å². The summed E-state index contributed by atoms with van der Waals surface area (Å²) in [5.41, 5.74) is 0.590. The molecular formula is C13H22N4O3. The molecule has 2 amide bonds. The average molecular weight is 282 g/mol. The smallest absolute Gasteiger partial charge is 0.325 e. The lowest BCUT2D eigenvalue weighted by molar-refractivity contribution is -0.137. The number of carbonyl (C=O) groups excluding carboxylic acids is 1. The largest absolute Gasteiger partial charge is 0.480 e. The van der Waals surface area contributed by atoms with E-state index in [4.69, 9.17) is 5.11 Å². The fraction of sp³-hybridized carbons (Fsp3) is 0.615. The first-order valence-electron chi connectivity index (χ1n) is 6.47. The number of carboxylic acid groups (broad SMARTS) is 1. The third kappa shape index (κ3) is 5.29. The number of aliphatic carboxylic acids is 1. The van der Waals surface area contributed by atoms with Crippen LogP contribution in [0.25, 0.3) is 0 Å². The standard InChI is InChI=1S/C13H22N4O3/c1-9(13(2,3)4)5-14-12(20)16-10-6-15-17(7-10)8-11(18)19/h6-7,9H,5,8H2,1-4H3,(H,18,19)(H2,14,16,20). The van der Waals surface area contributed by atoms with Gasteiger partial charge < -0.3 is 15.7 Å². The number of hydrogen-bond donors (Lipinski definition) is 3. The highest BCUT2D eigenvalue weighted by Crippen LogP contribution is 2.24. The highest BCUT2D eigenvalue weighted by molar-refractivity contribution is 5.88. The van der Waals surface area contributed by atoms with Gasteiger partial charge in [0.15, 0.2) is 0 Å². The Hall–Kier alpha value is -2.05. The number of rotatable bonds is 5. The quantitative estimate of drug-likeness (QED) is 0.766. The van der Waals surface area contributed by atoms with Gasteiger partial charge in [-0.2, -0.15) is 5.10 Å². The highest BCUT2D eigenvalue weighted by atomic mass is 16.4. The van der Waals surface area contributed by atoms with Crippen LogP contribution < -0.4 is 10.6 Å². The molecule has 1 aromatic rings. The molecule has 20 heavy (non-hydrogen) atoms. The van der Waals surface area contributed by atoms with Gasteiger partial charge in [-0.1, -0.05) is 27.7 Å². The molecule has 1 heterocycles. The average Bonchev–Trinajstić information content (AvgIpc) is 2.71. The van der Waals surface area contributed by atoms with E-state index in [1.54, 1.807) is 0 Å². The van der Waals surface area contributed by atoms with Gasteiger partial charge in [0, 0.05) is 12.7 Å². The number of urea groups is 1. The monoisotopic (exact) mass is 282 g/mol. The predicted molar refractivity (Wildman–Crippen MR) is 75.5 cm³/mol. The second-order valence-electron chi connectivity index (χ2n) is 5.92. The number of hydrogen-bond acceptors (Lipinski definition) is 3. The molecule has 0 aliphatic carbocycles. The van der Waals surface area contributed by atoms with Crippen LogP contribution in [0.1, 0.15) is 27.7 Å². The second kappa shape index (κ2) is 6.40. The van der Waals surface area contributed by atoms with Crippen LogP contribution in [0.15, 0.2) is 12.4 Å². The van der Waals surface area contributed by atoms with Crippen molar-refractivity contribution in [1.82, 2.24) is 15.1 Å². The van der Waals surface area contributed by atoms with Crippen LogP contribution in [0.3, 0.4) is 0 Å². The van der Waals surface area contributed by atoms with Gasteiger partial charge in [0.1, 0.15) is 6.54 Å². The van der Waals surface area contributed by atoms with Crippen LogP contribution in [0.2, 0.25) is 0 Å². The molecule has 0 aromatic carbocycles. The summed E-state index contributed by atoms with van der Waals surface area (Å²) in [6.45, 7) is 8.77. The van der Waals surface area contributed by atoms with Crippen molar-refractivity contribution in [2.24, 2.45) is 11.3 Å². The fourth-order valence-electron chi connectivity index (χ4n) is 1.38. The molecule has 1 atom stereocenters. The first kappa shape index (κ1) is 16.0. The SMILES string of the molecule is CC(CNC(=O)Nc1cnn(CC(=O)O)c1)C(C)(C)C. The number of anilines is 1. The summed E-state index contributed by atoms with van der Waals surface area (Å²) in [4.78, 5) is 22.2. The first-order chi connectivity index (χ1) is 9.18. The maximum Gasteiger partial charge on any atom is 0.325 e. The summed E-state index contributed by atoms with van der Waals surface area (Å²) in [7, 11) is 0. The van der Waals surface area contributed by atoms with Crippen LogP contribution in [-0.2, 0) is 11.3 Å². The Bertz CT molecular complexity index is 476. The Kier molecular flexibility index (Phi) is 5.12. The third-order valence-corrected chi connectivity index (χ3v) is 3.24. The van der Waals surface area contributed by atoms with Crippen molar-refractivity contribution >= 4 is 17.7 Å². The Morgan fingerprint density at radius 1 is 1.45 bits per heavy atom. The number of amides is 2. The molecule has 1 rings (SSSR count). The van der Waals surface area contributed by atoms with E-state index < -0.39 is 5.97 Å². The van der Waals surface area contributed by atoms with Crippen molar-refractivity contribution in [3.05, 3.63) is 12.4 Å². The molecular weight excluding hydrogens is 260 g/mol. The van der Waals surface area contributed by atoms with E-state index in [9.17, 15) is 9.59 Å². The van der Waals surface area contributed by atoms with Gasteiger partial charge in [0.2, 0.25) is 0 Å². The normalized spacial score (nSPS) is 12.8. The van der Waals surface area contributed by atoms with E-state index in [1.807, 2.05) is 0 Å². The van der Waals surface area contributed by atoms with E-state index in [0.717, 1.165) is 0 Å². The predicted octanol–water partition coefficient (Wildman–Crippen LogP) is 1.77. The topological polar surface area (TPSA) is 96.3 Å². The van der Waals surface area contributed by atoms with Gasteiger partial charge in [-0.05, 0) is 11.3 Å². The van der Waals surface area contributed by atoms with Crippen LogP contribution >= 0.6 is 0 Å². The second-order valence-corrected chi connectivity index (χ2v) is 5.92. The van der Waals surface area contributed by atoms with Crippen molar-refractivity contribution in [2.45, 2.75) is 34.2 Å². The number of aromatic nitrogens is 2. The maximum atomic E-state index is 11.7. The molecule has 1 unspecified atom stereocenters. The van der Waals surface area contributed by atoms with Gasteiger partial charge in [-0.15, -0.1) is 0 Å². The Morgan fingerprint density at radius 2 is 2.10 bits per heavy atom. The lowest BCUT2D eigenvalue weighted by Gasteiger charge is -2.27. The molecule has 3 N–H and O–H groups in total. The fourth-order valence-corrected chi connectivity index (χ4v) is 1.38. The molecule has 0 aliphatic heterocycles. The molecule has 0 spiro atoms. The highest BCUT2D eigenvalue weighted by Gasteiger charge is 2.20. The summed E-state index contributed by atoms with van der Waals surface area (Å²) >= 11 is 0. The summed E-state index contributed by atoms with van der Waals surface area (Å²) in [6, 6.07) is -0.323. The Morgan fingerprint density at radius 3 is 2.65 bits per heavy atom. The molecule has 0 bridgehead atoms. The first-order valence-corrected chi connectivity index (χ1v) is 6.47. The van der Waals surface area contributed by atoms with E-state index in [2.05, 4.69) is 43.4 Å². The zero-order valence-electron chi connectivity index (χ0n) is 12.3. The van der Waals surface area contributed by atoms with Gasteiger partial charge >= 0.3 is 12.0 Å². The van der Waals surface area contributed by atoms with E-state index in [1.165, 1.54) is 17.1 Å².